The molecule has 9 nitrogen and oxygen atoms in total. The molecule has 1 N–H and O–H groups in total. The maximum Gasteiger partial charge on any atom is 0.300 e. The molecule has 0 atom stereocenters. The van der Waals surface area contributed by atoms with Crippen molar-refractivity contribution in [3.05, 3.63) is 36.0 Å². The van der Waals surface area contributed by atoms with Crippen molar-refractivity contribution < 1.29 is 28.6 Å². The normalized spacial score (nSPS) is 12.6. The van der Waals surface area contributed by atoms with E-state index in [-0.39, 0.29) is 35.0 Å². The molecule has 0 saturated carbocycles. The largest absolute Gasteiger partial charge is 0.493 e. The molecular weight excluding hydrogens is 354 g/mol. The van der Waals surface area contributed by atoms with Crippen LogP contribution in [0.3, 0.4) is 0 Å². The minimum Gasteiger partial charge on any atom is -0.493 e. The van der Waals surface area contributed by atoms with Crippen molar-refractivity contribution in [2.24, 2.45) is 0 Å². The van der Waals surface area contributed by atoms with Gasteiger partial charge in [-0.3, -0.25) is 19.3 Å². The fraction of sp³-hybridized carbons (Fsp3) is 0.222. The highest BCUT2D eigenvalue weighted by molar-refractivity contribution is 6.53. The first-order valence-corrected chi connectivity index (χ1v) is 7.91. The number of pyridine rings is 1. The average Bonchev–Trinajstić information content (AvgIpc) is 2.91. The Morgan fingerprint density at radius 1 is 1.11 bits per heavy atom. The number of hydrogen-bond donors (Lipinski definition) is 1. The van der Waals surface area contributed by atoms with Gasteiger partial charge in [-0.1, -0.05) is 6.07 Å². The second kappa shape index (κ2) is 7.32. The number of amides is 2. The highest BCUT2D eigenvalue weighted by atomic mass is 16.5. The Labute approximate surface area is 154 Å². The summed E-state index contributed by atoms with van der Waals surface area (Å²) in [5, 5.41) is 2.57. The molecule has 0 fully saturated rings. The third kappa shape index (κ3) is 3.14. The molecule has 0 saturated heterocycles. The number of hydrogen-bond acceptors (Lipinski definition) is 7. The second-order valence-corrected chi connectivity index (χ2v) is 5.52. The van der Waals surface area contributed by atoms with Gasteiger partial charge in [0.25, 0.3) is 11.7 Å². The Hall–Kier alpha value is -3.62. The molecular formula is C18H17N3O6. The van der Waals surface area contributed by atoms with Gasteiger partial charge in [0, 0.05) is 12.3 Å². The van der Waals surface area contributed by atoms with Gasteiger partial charge in [0.15, 0.2) is 11.5 Å². The van der Waals surface area contributed by atoms with Gasteiger partial charge in [0.1, 0.15) is 12.4 Å². The number of fused-ring (bicyclic) bond motifs is 1. The summed E-state index contributed by atoms with van der Waals surface area (Å²) in [5.41, 5.74) is 0.251. The molecule has 1 aromatic carbocycles. The number of anilines is 2. The van der Waals surface area contributed by atoms with E-state index in [1.807, 2.05) is 0 Å². The van der Waals surface area contributed by atoms with E-state index in [1.165, 1.54) is 33.6 Å². The Balaban J connectivity index is 1.97. The monoisotopic (exact) mass is 371 g/mol. The van der Waals surface area contributed by atoms with Crippen LogP contribution in [0.1, 0.15) is 10.4 Å². The molecule has 1 aliphatic rings. The number of nitrogens with zero attached hydrogens (tertiary/aromatic N) is 2. The third-order valence-electron chi connectivity index (χ3n) is 4.00. The lowest BCUT2D eigenvalue weighted by molar-refractivity contribution is -0.118. The van der Waals surface area contributed by atoms with Crippen LogP contribution in [-0.4, -0.2) is 50.5 Å². The van der Waals surface area contributed by atoms with Crippen LogP contribution in [0, 0.1) is 0 Å². The molecule has 0 aliphatic carbocycles. The first-order chi connectivity index (χ1) is 13.0. The first kappa shape index (κ1) is 18.2. The van der Waals surface area contributed by atoms with Crippen LogP contribution in [0.15, 0.2) is 30.5 Å². The molecule has 140 valence electrons. The van der Waals surface area contributed by atoms with Crippen LogP contribution >= 0.6 is 0 Å². The summed E-state index contributed by atoms with van der Waals surface area (Å²) in [6.45, 7) is -0.368. The minimum atomic E-state index is -0.838. The molecule has 1 aromatic heterocycles. The topological polar surface area (TPSA) is 107 Å². The molecule has 2 amide bonds. The fourth-order valence-electron chi connectivity index (χ4n) is 2.83. The van der Waals surface area contributed by atoms with Crippen LogP contribution < -0.4 is 24.4 Å². The summed E-state index contributed by atoms with van der Waals surface area (Å²) in [4.78, 5) is 42.3. The lowest BCUT2D eigenvalue weighted by atomic mass is 10.1. The van der Waals surface area contributed by atoms with Crippen molar-refractivity contribution in [1.82, 2.24) is 4.98 Å². The first-order valence-electron chi connectivity index (χ1n) is 7.91. The Morgan fingerprint density at radius 3 is 2.44 bits per heavy atom. The highest BCUT2D eigenvalue weighted by Gasteiger charge is 2.42. The number of carbonyl (C=O) groups excluding carboxylic acids is 3. The Morgan fingerprint density at radius 2 is 1.85 bits per heavy atom. The number of ketones is 1. The van der Waals surface area contributed by atoms with E-state index in [1.54, 1.807) is 18.2 Å². The number of aromatic nitrogens is 1. The predicted octanol–water partition coefficient (Wildman–Crippen LogP) is 1.28. The molecule has 0 bridgehead atoms. The van der Waals surface area contributed by atoms with Gasteiger partial charge in [0.05, 0.1) is 32.6 Å². The molecule has 0 radical (unpaired) electrons. The SMILES string of the molecule is COc1cc2c(c(OC)c1OC)C(=O)C(=O)N2CC(=O)Nc1ccccn1. The number of rotatable bonds is 6. The zero-order chi connectivity index (χ0) is 19.6. The van der Waals surface area contributed by atoms with Crippen molar-refractivity contribution in [2.45, 2.75) is 0 Å². The number of carbonyl (C=O) groups is 3. The van der Waals surface area contributed by atoms with Crippen LogP contribution in [0.25, 0.3) is 0 Å². The number of Topliss-reactive ketones (excluding diaryl/α,β-unsaturated/α-hetero) is 1. The van der Waals surface area contributed by atoms with E-state index >= 15 is 0 Å². The number of benzene rings is 1. The van der Waals surface area contributed by atoms with Gasteiger partial charge < -0.3 is 19.5 Å². The quantitative estimate of drug-likeness (QED) is 0.762. The number of nitrogens with one attached hydrogen (secondary N) is 1. The molecule has 1 aliphatic heterocycles. The van der Waals surface area contributed by atoms with E-state index in [4.69, 9.17) is 14.2 Å². The van der Waals surface area contributed by atoms with Crippen LogP contribution in [0.4, 0.5) is 11.5 Å². The van der Waals surface area contributed by atoms with Crippen molar-refractivity contribution in [2.75, 3.05) is 38.1 Å². The van der Waals surface area contributed by atoms with E-state index in [0.717, 1.165) is 4.90 Å². The van der Waals surface area contributed by atoms with Gasteiger partial charge in [-0.15, -0.1) is 0 Å². The predicted molar refractivity (Wildman–Crippen MR) is 95.6 cm³/mol. The molecule has 3 rings (SSSR count). The molecule has 2 heterocycles. The lowest BCUT2D eigenvalue weighted by Crippen LogP contribution is -2.37. The van der Waals surface area contributed by atoms with E-state index in [0.29, 0.717) is 5.82 Å². The fourth-order valence-corrected chi connectivity index (χ4v) is 2.83. The zero-order valence-corrected chi connectivity index (χ0v) is 14.9. The van der Waals surface area contributed by atoms with Crippen LogP contribution in [0.2, 0.25) is 0 Å². The summed E-state index contributed by atoms with van der Waals surface area (Å²) in [6, 6.07) is 6.50. The van der Waals surface area contributed by atoms with E-state index in [2.05, 4.69) is 10.3 Å². The van der Waals surface area contributed by atoms with Gasteiger partial charge in [-0.05, 0) is 12.1 Å². The molecule has 27 heavy (non-hydrogen) atoms. The van der Waals surface area contributed by atoms with Crippen LogP contribution in [0.5, 0.6) is 17.2 Å². The van der Waals surface area contributed by atoms with Crippen LogP contribution in [-0.2, 0) is 9.59 Å². The van der Waals surface area contributed by atoms with E-state index < -0.39 is 17.6 Å². The smallest absolute Gasteiger partial charge is 0.300 e. The third-order valence-corrected chi connectivity index (χ3v) is 4.00. The average molecular weight is 371 g/mol. The van der Waals surface area contributed by atoms with Crippen molar-refractivity contribution in [3.8, 4) is 17.2 Å². The van der Waals surface area contributed by atoms with Crippen molar-refractivity contribution in [1.29, 1.82) is 0 Å². The standard InChI is InChI=1S/C18H17N3O6/c1-25-11-8-10-14(17(27-3)16(11)26-2)15(23)18(24)21(10)9-13(22)20-12-6-4-5-7-19-12/h4-8H,9H2,1-3H3,(H,19,20,22). The Bertz CT molecular complexity index is 913. The zero-order valence-electron chi connectivity index (χ0n) is 14.9. The summed E-state index contributed by atoms with van der Waals surface area (Å²) >= 11 is 0. The van der Waals surface area contributed by atoms with Gasteiger partial charge in [0.2, 0.25) is 11.7 Å². The molecule has 2 aromatic rings. The molecule has 0 unspecified atom stereocenters. The summed E-state index contributed by atoms with van der Waals surface area (Å²) < 4.78 is 15.8. The molecule has 0 spiro atoms. The summed E-state index contributed by atoms with van der Waals surface area (Å²) in [6.07, 6.45) is 1.53. The maximum atomic E-state index is 12.5. The lowest BCUT2D eigenvalue weighted by Gasteiger charge is -2.19. The number of ether oxygens (including phenoxy) is 3. The summed E-state index contributed by atoms with van der Waals surface area (Å²) in [5.74, 6) is -1.24. The Kier molecular flexibility index (Phi) is 4.93. The summed E-state index contributed by atoms with van der Waals surface area (Å²) in [7, 11) is 4.16. The van der Waals surface area contributed by atoms with Gasteiger partial charge in [-0.2, -0.15) is 0 Å². The highest BCUT2D eigenvalue weighted by Crippen LogP contribution is 2.47. The van der Waals surface area contributed by atoms with Crippen molar-refractivity contribution in [3.63, 3.8) is 0 Å². The number of methoxy groups -OCH3 is 3. The van der Waals surface area contributed by atoms with Crippen molar-refractivity contribution >= 4 is 29.1 Å². The van der Waals surface area contributed by atoms with Gasteiger partial charge in [-0.25, -0.2) is 4.98 Å². The second-order valence-electron chi connectivity index (χ2n) is 5.52. The van der Waals surface area contributed by atoms with Gasteiger partial charge >= 0.3 is 0 Å². The molecule has 9 heteroatoms. The minimum absolute atomic E-state index is 0.0331. The maximum absolute atomic E-state index is 12.5. The van der Waals surface area contributed by atoms with E-state index in [9.17, 15) is 14.4 Å².